The first kappa shape index (κ1) is 19.0. The SMILES string of the molecule is COc1ccc(Nc2cc(C(=O)NC3CCCCCC3)ccn2)cc1OC. The van der Waals surface area contributed by atoms with Gasteiger partial charge in [0, 0.05) is 29.6 Å². The molecule has 0 bridgehead atoms. The molecule has 2 aromatic rings. The first-order valence-corrected chi connectivity index (χ1v) is 9.45. The van der Waals surface area contributed by atoms with Crippen molar-refractivity contribution in [1.29, 1.82) is 0 Å². The number of nitrogens with one attached hydrogen (secondary N) is 2. The Morgan fingerprint density at radius 2 is 1.74 bits per heavy atom. The molecule has 6 heteroatoms. The van der Waals surface area contributed by atoms with Crippen LogP contribution in [0.3, 0.4) is 0 Å². The standard InChI is InChI=1S/C21H27N3O3/c1-26-18-10-9-17(14-19(18)27-2)23-20-13-15(11-12-22-20)21(25)24-16-7-5-3-4-6-8-16/h9-14,16H,3-8H2,1-2H3,(H,22,23)(H,24,25). The van der Waals surface area contributed by atoms with Crippen LogP contribution in [0.2, 0.25) is 0 Å². The van der Waals surface area contributed by atoms with Crippen LogP contribution in [0.1, 0.15) is 48.9 Å². The van der Waals surface area contributed by atoms with E-state index in [4.69, 9.17) is 9.47 Å². The van der Waals surface area contributed by atoms with Crippen molar-refractivity contribution < 1.29 is 14.3 Å². The van der Waals surface area contributed by atoms with E-state index in [0.717, 1.165) is 18.5 Å². The number of nitrogens with zero attached hydrogens (tertiary/aromatic N) is 1. The lowest BCUT2D eigenvalue weighted by molar-refractivity contribution is 0.0933. The number of methoxy groups -OCH3 is 2. The van der Waals surface area contributed by atoms with Gasteiger partial charge >= 0.3 is 0 Å². The number of benzene rings is 1. The van der Waals surface area contributed by atoms with Gasteiger partial charge in [0.1, 0.15) is 5.82 Å². The van der Waals surface area contributed by atoms with E-state index in [1.165, 1.54) is 25.7 Å². The van der Waals surface area contributed by atoms with Crippen molar-refractivity contribution in [1.82, 2.24) is 10.3 Å². The highest BCUT2D eigenvalue weighted by Crippen LogP contribution is 2.30. The number of hydrogen-bond acceptors (Lipinski definition) is 5. The Morgan fingerprint density at radius 3 is 2.44 bits per heavy atom. The van der Waals surface area contributed by atoms with Crippen molar-refractivity contribution >= 4 is 17.4 Å². The van der Waals surface area contributed by atoms with Crippen LogP contribution < -0.4 is 20.1 Å². The normalized spacial score (nSPS) is 14.9. The van der Waals surface area contributed by atoms with Gasteiger partial charge in [0.05, 0.1) is 14.2 Å². The highest BCUT2D eigenvalue weighted by Gasteiger charge is 2.16. The number of hydrogen-bond donors (Lipinski definition) is 2. The topological polar surface area (TPSA) is 72.5 Å². The zero-order chi connectivity index (χ0) is 19.1. The molecule has 0 unspecified atom stereocenters. The fourth-order valence-electron chi connectivity index (χ4n) is 3.39. The maximum absolute atomic E-state index is 12.6. The van der Waals surface area contributed by atoms with Crippen molar-refractivity contribution in [2.24, 2.45) is 0 Å². The molecule has 0 aliphatic heterocycles. The zero-order valence-electron chi connectivity index (χ0n) is 16.0. The minimum atomic E-state index is -0.0420. The number of carbonyl (C=O) groups is 1. The van der Waals surface area contributed by atoms with Gasteiger partial charge in [-0.2, -0.15) is 0 Å². The van der Waals surface area contributed by atoms with Crippen molar-refractivity contribution in [2.75, 3.05) is 19.5 Å². The lowest BCUT2D eigenvalue weighted by atomic mass is 10.1. The maximum atomic E-state index is 12.6. The Hall–Kier alpha value is -2.76. The smallest absolute Gasteiger partial charge is 0.251 e. The van der Waals surface area contributed by atoms with E-state index in [9.17, 15) is 4.79 Å². The fourth-order valence-corrected chi connectivity index (χ4v) is 3.39. The summed E-state index contributed by atoms with van der Waals surface area (Å²) in [7, 11) is 3.20. The summed E-state index contributed by atoms with van der Waals surface area (Å²) in [5.74, 6) is 1.85. The van der Waals surface area contributed by atoms with Crippen LogP contribution in [0.4, 0.5) is 11.5 Å². The van der Waals surface area contributed by atoms with Gasteiger partial charge in [-0.25, -0.2) is 4.98 Å². The summed E-state index contributed by atoms with van der Waals surface area (Å²) < 4.78 is 10.6. The Balaban J connectivity index is 1.68. The Bertz CT molecular complexity index is 771. The second-order valence-electron chi connectivity index (χ2n) is 6.79. The lowest BCUT2D eigenvalue weighted by Crippen LogP contribution is -2.34. The Kier molecular flexibility index (Phi) is 6.52. The van der Waals surface area contributed by atoms with Gasteiger partial charge in [-0.15, -0.1) is 0 Å². The Morgan fingerprint density at radius 1 is 1.00 bits per heavy atom. The molecule has 1 heterocycles. The second-order valence-corrected chi connectivity index (χ2v) is 6.79. The van der Waals surface area contributed by atoms with Crippen LogP contribution in [-0.4, -0.2) is 31.2 Å². The van der Waals surface area contributed by atoms with E-state index in [0.29, 0.717) is 22.9 Å². The predicted molar refractivity (Wildman–Crippen MR) is 106 cm³/mol. The number of amides is 1. The summed E-state index contributed by atoms with van der Waals surface area (Å²) >= 11 is 0. The molecule has 144 valence electrons. The van der Waals surface area contributed by atoms with Crippen molar-refractivity contribution in [2.45, 2.75) is 44.6 Å². The van der Waals surface area contributed by atoms with E-state index >= 15 is 0 Å². The molecule has 3 rings (SSSR count). The molecule has 27 heavy (non-hydrogen) atoms. The molecule has 1 amide bonds. The van der Waals surface area contributed by atoms with Gasteiger partial charge in [0.15, 0.2) is 11.5 Å². The largest absolute Gasteiger partial charge is 0.493 e. The van der Waals surface area contributed by atoms with Crippen LogP contribution in [0.5, 0.6) is 11.5 Å². The highest BCUT2D eigenvalue weighted by atomic mass is 16.5. The van der Waals surface area contributed by atoms with Crippen molar-refractivity contribution in [3.05, 3.63) is 42.1 Å². The van der Waals surface area contributed by atoms with Gasteiger partial charge in [-0.05, 0) is 37.1 Å². The average Bonchev–Trinajstić information content (AvgIpc) is 2.96. The molecule has 1 aliphatic rings. The quantitative estimate of drug-likeness (QED) is 0.743. The van der Waals surface area contributed by atoms with Gasteiger partial charge in [-0.3, -0.25) is 4.79 Å². The first-order chi connectivity index (χ1) is 13.2. The fraction of sp³-hybridized carbons (Fsp3) is 0.429. The van der Waals surface area contributed by atoms with Crippen LogP contribution in [0.15, 0.2) is 36.5 Å². The Labute approximate surface area is 160 Å². The minimum absolute atomic E-state index is 0.0420. The molecule has 2 N–H and O–H groups in total. The van der Waals surface area contributed by atoms with E-state index < -0.39 is 0 Å². The maximum Gasteiger partial charge on any atom is 0.251 e. The molecule has 1 aromatic heterocycles. The van der Waals surface area contributed by atoms with Gasteiger partial charge in [0.2, 0.25) is 0 Å². The molecule has 1 saturated carbocycles. The average molecular weight is 369 g/mol. The lowest BCUT2D eigenvalue weighted by Gasteiger charge is -2.16. The van der Waals surface area contributed by atoms with E-state index in [1.54, 1.807) is 32.5 Å². The number of pyridine rings is 1. The highest BCUT2D eigenvalue weighted by molar-refractivity contribution is 5.95. The van der Waals surface area contributed by atoms with Crippen molar-refractivity contribution in [3.63, 3.8) is 0 Å². The van der Waals surface area contributed by atoms with Gasteiger partial charge in [-0.1, -0.05) is 25.7 Å². The molecule has 6 nitrogen and oxygen atoms in total. The second kappa shape index (κ2) is 9.26. The summed E-state index contributed by atoms with van der Waals surface area (Å²) in [6, 6.07) is 9.31. The molecule has 1 fully saturated rings. The molecule has 1 aliphatic carbocycles. The number of ether oxygens (including phenoxy) is 2. The molecular weight excluding hydrogens is 342 g/mol. The van der Waals surface area contributed by atoms with Crippen LogP contribution in [0.25, 0.3) is 0 Å². The molecule has 0 atom stereocenters. The van der Waals surface area contributed by atoms with Crippen LogP contribution >= 0.6 is 0 Å². The summed E-state index contributed by atoms with van der Waals surface area (Å²) in [5.41, 5.74) is 1.42. The molecule has 0 radical (unpaired) electrons. The number of anilines is 2. The van der Waals surface area contributed by atoms with E-state index in [2.05, 4.69) is 15.6 Å². The summed E-state index contributed by atoms with van der Waals surface area (Å²) in [6.07, 6.45) is 8.68. The van der Waals surface area contributed by atoms with Gasteiger partial charge in [0.25, 0.3) is 5.91 Å². The summed E-state index contributed by atoms with van der Waals surface area (Å²) in [5, 5.41) is 6.38. The minimum Gasteiger partial charge on any atom is -0.493 e. The van der Waals surface area contributed by atoms with E-state index in [-0.39, 0.29) is 11.9 Å². The summed E-state index contributed by atoms with van der Waals surface area (Å²) in [4.78, 5) is 16.9. The number of aromatic nitrogens is 1. The summed E-state index contributed by atoms with van der Waals surface area (Å²) in [6.45, 7) is 0. The zero-order valence-corrected chi connectivity index (χ0v) is 16.0. The van der Waals surface area contributed by atoms with E-state index in [1.807, 2.05) is 18.2 Å². The third kappa shape index (κ3) is 5.12. The number of carbonyl (C=O) groups excluding carboxylic acids is 1. The molecule has 0 saturated heterocycles. The molecular formula is C21H27N3O3. The van der Waals surface area contributed by atoms with Gasteiger partial charge < -0.3 is 20.1 Å². The first-order valence-electron chi connectivity index (χ1n) is 9.45. The van der Waals surface area contributed by atoms with Crippen molar-refractivity contribution in [3.8, 4) is 11.5 Å². The van der Waals surface area contributed by atoms with Crippen LogP contribution in [-0.2, 0) is 0 Å². The molecule has 0 spiro atoms. The monoisotopic (exact) mass is 369 g/mol. The van der Waals surface area contributed by atoms with Crippen LogP contribution in [0, 0.1) is 0 Å². The number of rotatable bonds is 6. The predicted octanol–water partition coefficient (Wildman–Crippen LogP) is 4.30. The molecule has 1 aromatic carbocycles. The third-order valence-corrected chi connectivity index (χ3v) is 4.87. The third-order valence-electron chi connectivity index (χ3n) is 4.87.